The normalized spacial score (nSPS) is 11.4. The fourth-order valence-electron chi connectivity index (χ4n) is 1.80. The van der Waals surface area contributed by atoms with Crippen molar-refractivity contribution >= 4 is 5.97 Å². The van der Waals surface area contributed by atoms with Gasteiger partial charge in [-0.05, 0) is 30.5 Å². The van der Waals surface area contributed by atoms with Crippen molar-refractivity contribution < 1.29 is 23.4 Å². The number of aliphatic carboxylic acids is 1. The van der Waals surface area contributed by atoms with E-state index in [4.69, 9.17) is 9.84 Å². The Morgan fingerprint density at radius 3 is 2.18 bits per heavy atom. The maximum atomic E-state index is 13.0. The number of carboxylic acid groups (broad SMARTS) is 1. The molecule has 0 amide bonds. The van der Waals surface area contributed by atoms with E-state index in [-0.39, 0.29) is 5.56 Å². The molecule has 0 aliphatic carbocycles. The first-order chi connectivity index (χ1) is 7.77. The standard InChI is InChI=1S/C12H14F2O3/c1-7-4-9(5-8(2)10(7)17-3)6-12(13,14)11(15)16/h4-5H,6H2,1-3H3,(H,15,16). The van der Waals surface area contributed by atoms with Crippen molar-refractivity contribution in [3.63, 3.8) is 0 Å². The zero-order chi connectivity index (χ0) is 13.2. The summed E-state index contributed by atoms with van der Waals surface area (Å²) in [7, 11) is 1.50. The van der Waals surface area contributed by atoms with E-state index in [0.29, 0.717) is 16.9 Å². The third-order valence-corrected chi connectivity index (χ3v) is 2.46. The van der Waals surface area contributed by atoms with Crippen LogP contribution in [0.15, 0.2) is 12.1 Å². The first-order valence-electron chi connectivity index (χ1n) is 5.03. The summed E-state index contributed by atoms with van der Waals surface area (Å²) < 4.78 is 31.2. The van der Waals surface area contributed by atoms with Crippen LogP contribution in [0, 0.1) is 13.8 Å². The molecular formula is C12H14F2O3. The van der Waals surface area contributed by atoms with Crippen molar-refractivity contribution in [2.45, 2.75) is 26.2 Å². The van der Waals surface area contributed by atoms with Gasteiger partial charge in [0, 0.05) is 6.42 Å². The van der Waals surface area contributed by atoms with Crippen LogP contribution in [0.1, 0.15) is 16.7 Å². The highest BCUT2D eigenvalue weighted by Gasteiger charge is 2.38. The summed E-state index contributed by atoms with van der Waals surface area (Å²) in [5.41, 5.74) is 1.71. The summed E-state index contributed by atoms with van der Waals surface area (Å²) in [6.45, 7) is 3.46. The molecule has 1 aromatic carbocycles. The van der Waals surface area contributed by atoms with Crippen LogP contribution in [0.5, 0.6) is 5.75 Å². The fourth-order valence-corrected chi connectivity index (χ4v) is 1.80. The van der Waals surface area contributed by atoms with Crippen LogP contribution in [0.2, 0.25) is 0 Å². The lowest BCUT2D eigenvalue weighted by Gasteiger charge is -2.14. The maximum Gasteiger partial charge on any atom is 0.374 e. The molecule has 17 heavy (non-hydrogen) atoms. The van der Waals surface area contributed by atoms with Gasteiger partial charge >= 0.3 is 11.9 Å². The summed E-state index contributed by atoms with van der Waals surface area (Å²) >= 11 is 0. The molecular weight excluding hydrogens is 230 g/mol. The van der Waals surface area contributed by atoms with Gasteiger partial charge in [-0.25, -0.2) is 4.79 Å². The Balaban J connectivity index is 3.06. The molecule has 94 valence electrons. The van der Waals surface area contributed by atoms with Crippen LogP contribution in [0.4, 0.5) is 8.78 Å². The SMILES string of the molecule is COc1c(C)cc(CC(F)(F)C(=O)O)cc1C. The number of aryl methyl sites for hydroxylation is 2. The molecule has 1 aromatic rings. The van der Waals surface area contributed by atoms with Gasteiger partial charge in [0.05, 0.1) is 7.11 Å². The Hall–Kier alpha value is -1.65. The van der Waals surface area contributed by atoms with Crippen LogP contribution in [-0.4, -0.2) is 24.1 Å². The third kappa shape index (κ3) is 2.93. The van der Waals surface area contributed by atoms with Gasteiger partial charge in [-0.15, -0.1) is 0 Å². The molecule has 0 unspecified atom stereocenters. The molecule has 0 radical (unpaired) electrons. The van der Waals surface area contributed by atoms with Crippen molar-refractivity contribution in [3.05, 3.63) is 28.8 Å². The van der Waals surface area contributed by atoms with Gasteiger partial charge in [0.2, 0.25) is 0 Å². The molecule has 0 saturated carbocycles. The lowest BCUT2D eigenvalue weighted by atomic mass is 10.0. The van der Waals surface area contributed by atoms with E-state index in [1.165, 1.54) is 19.2 Å². The van der Waals surface area contributed by atoms with Crippen molar-refractivity contribution in [1.29, 1.82) is 0 Å². The highest BCUT2D eigenvalue weighted by atomic mass is 19.3. The van der Waals surface area contributed by atoms with Crippen molar-refractivity contribution in [2.75, 3.05) is 7.11 Å². The van der Waals surface area contributed by atoms with Gasteiger partial charge in [-0.3, -0.25) is 0 Å². The average Bonchev–Trinajstić information content (AvgIpc) is 2.15. The molecule has 5 heteroatoms. The van der Waals surface area contributed by atoms with E-state index >= 15 is 0 Å². The Morgan fingerprint density at radius 2 is 1.82 bits per heavy atom. The molecule has 1 rings (SSSR count). The number of alkyl halides is 2. The number of benzene rings is 1. The number of carbonyl (C=O) groups is 1. The predicted octanol–water partition coefficient (Wildman–Crippen LogP) is 2.57. The van der Waals surface area contributed by atoms with Gasteiger partial charge in [-0.2, -0.15) is 8.78 Å². The summed E-state index contributed by atoms with van der Waals surface area (Å²) in [6, 6.07) is 3.03. The Morgan fingerprint density at radius 1 is 1.35 bits per heavy atom. The Bertz CT molecular complexity index is 418. The Kier molecular flexibility index (Phi) is 3.70. The fraction of sp³-hybridized carbons (Fsp3) is 0.417. The first-order valence-corrected chi connectivity index (χ1v) is 5.03. The molecule has 3 nitrogen and oxygen atoms in total. The molecule has 1 N–H and O–H groups in total. The minimum atomic E-state index is -3.74. The lowest BCUT2D eigenvalue weighted by Crippen LogP contribution is -2.30. The predicted molar refractivity (Wildman–Crippen MR) is 58.8 cm³/mol. The highest BCUT2D eigenvalue weighted by molar-refractivity contribution is 5.75. The van der Waals surface area contributed by atoms with Crippen molar-refractivity contribution in [2.24, 2.45) is 0 Å². The molecule has 0 heterocycles. The topological polar surface area (TPSA) is 46.5 Å². The van der Waals surface area contributed by atoms with E-state index in [1.54, 1.807) is 13.8 Å². The number of hydrogen-bond acceptors (Lipinski definition) is 2. The number of hydrogen-bond donors (Lipinski definition) is 1. The van der Waals surface area contributed by atoms with Crippen LogP contribution in [0.25, 0.3) is 0 Å². The number of rotatable bonds is 4. The number of halogens is 2. The molecule has 0 aliphatic heterocycles. The summed E-state index contributed by atoms with van der Waals surface area (Å²) in [6.07, 6.45) is -0.812. The molecule has 0 aliphatic rings. The second kappa shape index (κ2) is 4.69. The number of carboxylic acids is 1. The quantitative estimate of drug-likeness (QED) is 0.885. The molecule has 0 bridgehead atoms. The van der Waals surface area contributed by atoms with E-state index in [1.807, 2.05) is 0 Å². The smallest absolute Gasteiger partial charge is 0.374 e. The monoisotopic (exact) mass is 244 g/mol. The van der Waals surface area contributed by atoms with E-state index in [2.05, 4.69) is 0 Å². The molecule has 0 atom stereocenters. The minimum absolute atomic E-state index is 0.285. The Labute approximate surface area is 98.0 Å². The number of ether oxygens (including phenoxy) is 1. The summed E-state index contributed by atoms with van der Waals surface area (Å²) in [4.78, 5) is 10.3. The van der Waals surface area contributed by atoms with Crippen molar-refractivity contribution in [3.8, 4) is 5.75 Å². The first kappa shape index (κ1) is 13.4. The second-order valence-corrected chi connectivity index (χ2v) is 3.95. The molecule has 0 saturated heterocycles. The minimum Gasteiger partial charge on any atom is -0.496 e. The lowest BCUT2D eigenvalue weighted by molar-refractivity contribution is -0.164. The van der Waals surface area contributed by atoms with Gasteiger partial charge in [-0.1, -0.05) is 12.1 Å². The highest BCUT2D eigenvalue weighted by Crippen LogP contribution is 2.28. The van der Waals surface area contributed by atoms with Crippen LogP contribution < -0.4 is 4.74 Å². The van der Waals surface area contributed by atoms with E-state index in [9.17, 15) is 13.6 Å². The van der Waals surface area contributed by atoms with E-state index in [0.717, 1.165) is 0 Å². The zero-order valence-corrected chi connectivity index (χ0v) is 9.88. The van der Waals surface area contributed by atoms with Crippen LogP contribution in [-0.2, 0) is 11.2 Å². The largest absolute Gasteiger partial charge is 0.496 e. The third-order valence-electron chi connectivity index (χ3n) is 2.46. The molecule has 0 aromatic heterocycles. The van der Waals surface area contributed by atoms with Gasteiger partial charge in [0.25, 0.3) is 0 Å². The number of methoxy groups -OCH3 is 1. The van der Waals surface area contributed by atoms with Gasteiger partial charge < -0.3 is 9.84 Å². The van der Waals surface area contributed by atoms with Crippen LogP contribution >= 0.6 is 0 Å². The van der Waals surface area contributed by atoms with E-state index < -0.39 is 18.3 Å². The maximum absolute atomic E-state index is 13.0. The van der Waals surface area contributed by atoms with Crippen LogP contribution in [0.3, 0.4) is 0 Å². The summed E-state index contributed by atoms with van der Waals surface area (Å²) in [5, 5.41) is 8.37. The average molecular weight is 244 g/mol. The second-order valence-electron chi connectivity index (χ2n) is 3.95. The zero-order valence-electron chi connectivity index (χ0n) is 9.88. The molecule has 0 spiro atoms. The molecule has 0 fully saturated rings. The summed E-state index contributed by atoms with van der Waals surface area (Å²) in [5.74, 6) is -5.22. The van der Waals surface area contributed by atoms with Gasteiger partial charge in [0.15, 0.2) is 0 Å². The van der Waals surface area contributed by atoms with Crippen molar-refractivity contribution in [1.82, 2.24) is 0 Å². The van der Waals surface area contributed by atoms with Gasteiger partial charge in [0.1, 0.15) is 5.75 Å².